The second-order valence-electron chi connectivity index (χ2n) is 4.86. The second kappa shape index (κ2) is 8.25. The van der Waals surface area contributed by atoms with E-state index in [0.29, 0.717) is 5.75 Å². The number of carbonyl (C=O) groups is 1. The number of methoxy groups -OCH3 is 1. The Morgan fingerprint density at radius 3 is 2.64 bits per heavy atom. The minimum Gasteiger partial charge on any atom is -0.496 e. The zero-order valence-electron chi connectivity index (χ0n) is 12.6. The number of rotatable bonds is 6. The molecule has 3 nitrogen and oxygen atoms in total. The van der Waals surface area contributed by atoms with Gasteiger partial charge in [0.25, 0.3) is 0 Å². The normalized spacial score (nSPS) is 10.3. The van der Waals surface area contributed by atoms with Gasteiger partial charge in [-0.1, -0.05) is 33.6 Å². The van der Waals surface area contributed by atoms with E-state index in [9.17, 15) is 4.79 Å². The first-order chi connectivity index (χ1) is 10.6. The Morgan fingerprint density at radius 1 is 1.23 bits per heavy atom. The standard InChI is InChI=1S/C17H18BrNO2S/c1-12-3-8-16(21-2)13(9-12)10-22-11-17(20)19-15-6-4-14(18)5-7-15/h3-9H,10-11H2,1-2H3,(H,19,20). The summed E-state index contributed by atoms with van der Waals surface area (Å²) in [7, 11) is 1.67. The van der Waals surface area contributed by atoms with Gasteiger partial charge in [-0.15, -0.1) is 11.8 Å². The fourth-order valence-corrected chi connectivity index (χ4v) is 3.07. The molecule has 0 atom stereocenters. The Morgan fingerprint density at radius 2 is 1.95 bits per heavy atom. The van der Waals surface area contributed by atoms with Crippen molar-refractivity contribution in [2.45, 2.75) is 12.7 Å². The first-order valence-corrected chi connectivity index (χ1v) is 8.80. The number of nitrogens with one attached hydrogen (secondary N) is 1. The lowest BCUT2D eigenvalue weighted by Crippen LogP contribution is -2.14. The van der Waals surface area contributed by atoms with Crippen LogP contribution in [-0.4, -0.2) is 18.8 Å². The zero-order chi connectivity index (χ0) is 15.9. The highest BCUT2D eigenvalue weighted by Crippen LogP contribution is 2.24. The van der Waals surface area contributed by atoms with E-state index >= 15 is 0 Å². The number of amides is 1. The second-order valence-corrected chi connectivity index (χ2v) is 6.76. The van der Waals surface area contributed by atoms with Crippen molar-refractivity contribution in [3.05, 3.63) is 58.1 Å². The van der Waals surface area contributed by atoms with Crippen molar-refractivity contribution in [2.24, 2.45) is 0 Å². The molecule has 0 spiro atoms. The van der Waals surface area contributed by atoms with Crippen LogP contribution in [0.2, 0.25) is 0 Å². The van der Waals surface area contributed by atoms with Crippen LogP contribution in [0.25, 0.3) is 0 Å². The molecule has 0 unspecified atom stereocenters. The highest BCUT2D eigenvalue weighted by atomic mass is 79.9. The molecule has 2 aromatic carbocycles. The summed E-state index contributed by atoms with van der Waals surface area (Å²) in [5.74, 6) is 2.02. The largest absolute Gasteiger partial charge is 0.496 e. The summed E-state index contributed by atoms with van der Waals surface area (Å²) in [5.41, 5.74) is 3.11. The fraction of sp³-hybridized carbons (Fsp3) is 0.235. The van der Waals surface area contributed by atoms with Crippen molar-refractivity contribution in [2.75, 3.05) is 18.2 Å². The van der Waals surface area contributed by atoms with Crippen LogP contribution in [0, 0.1) is 6.92 Å². The molecule has 0 saturated carbocycles. The van der Waals surface area contributed by atoms with Gasteiger partial charge in [0.2, 0.25) is 5.91 Å². The number of hydrogen-bond acceptors (Lipinski definition) is 3. The van der Waals surface area contributed by atoms with Gasteiger partial charge in [0.05, 0.1) is 12.9 Å². The topological polar surface area (TPSA) is 38.3 Å². The van der Waals surface area contributed by atoms with Gasteiger partial charge >= 0.3 is 0 Å². The lowest BCUT2D eigenvalue weighted by atomic mass is 10.1. The number of aryl methyl sites for hydroxylation is 1. The average molecular weight is 380 g/mol. The van der Waals surface area contributed by atoms with Gasteiger partial charge in [-0.2, -0.15) is 0 Å². The number of halogens is 1. The summed E-state index contributed by atoms with van der Waals surface area (Å²) < 4.78 is 6.34. The summed E-state index contributed by atoms with van der Waals surface area (Å²) in [5, 5.41) is 2.88. The molecule has 0 saturated heterocycles. The van der Waals surface area contributed by atoms with E-state index < -0.39 is 0 Å². The van der Waals surface area contributed by atoms with Gasteiger partial charge in [-0.25, -0.2) is 0 Å². The molecule has 1 amide bonds. The maximum Gasteiger partial charge on any atom is 0.234 e. The van der Waals surface area contributed by atoms with E-state index in [-0.39, 0.29) is 5.91 Å². The van der Waals surface area contributed by atoms with Gasteiger partial charge < -0.3 is 10.1 Å². The number of ether oxygens (including phenoxy) is 1. The average Bonchev–Trinajstić information content (AvgIpc) is 2.50. The van der Waals surface area contributed by atoms with Gasteiger partial charge in [0, 0.05) is 21.5 Å². The monoisotopic (exact) mass is 379 g/mol. The van der Waals surface area contributed by atoms with E-state index in [1.807, 2.05) is 43.3 Å². The first kappa shape index (κ1) is 16.9. The predicted octanol–water partition coefficient (Wildman–Crippen LogP) is 4.64. The van der Waals surface area contributed by atoms with Gasteiger partial charge in [0.1, 0.15) is 5.75 Å². The Hall–Kier alpha value is -1.46. The molecule has 0 aliphatic carbocycles. The quantitative estimate of drug-likeness (QED) is 0.794. The lowest BCUT2D eigenvalue weighted by Gasteiger charge is -2.09. The smallest absolute Gasteiger partial charge is 0.234 e. The fourth-order valence-electron chi connectivity index (χ4n) is 2.00. The van der Waals surface area contributed by atoms with Gasteiger partial charge in [-0.3, -0.25) is 4.79 Å². The molecule has 5 heteroatoms. The molecule has 0 aliphatic rings. The molecule has 0 aromatic heterocycles. The van der Waals surface area contributed by atoms with Crippen molar-refractivity contribution >= 4 is 39.3 Å². The van der Waals surface area contributed by atoms with E-state index in [0.717, 1.165) is 27.2 Å². The summed E-state index contributed by atoms with van der Waals surface area (Å²) in [6.45, 7) is 2.05. The molecule has 0 aliphatic heterocycles. The first-order valence-electron chi connectivity index (χ1n) is 6.85. The molecule has 22 heavy (non-hydrogen) atoms. The summed E-state index contributed by atoms with van der Waals surface area (Å²) >= 11 is 4.94. The number of anilines is 1. The third kappa shape index (κ3) is 5.07. The molecular formula is C17H18BrNO2S. The SMILES string of the molecule is COc1ccc(C)cc1CSCC(=O)Nc1ccc(Br)cc1. The molecule has 116 valence electrons. The van der Waals surface area contributed by atoms with Crippen LogP contribution in [-0.2, 0) is 10.5 Å². The summed E-state index contributed by atoms with van der Waals surface area (Å²) in [4.78, 5) is 11.9. The molecular weight excluding hydrogens is 362 g/mol. The summed E-state index contributed by atoms with van der Waals surface area (Å²) in [6, 6.07) is 13.6. The van der Waals surface area contributed by atoms with E-state index in [4.69, 9.17) is 4.74 Å². The molecule has 0 radical (unpaired) electrons. The highest BCUT2D eigenvalue weighted by molar-refractivity contribution is 9.10. The number of benzene rings is 2. The maximum atomic E-state index is 11.9. The van der Waals surface area contributed by atoms with Crippen LogP contribution in [0.1, 0.15) is 11.1 Å². The van der Waals surface area contributed by atoms with Gasteiger partial charge in [-0.05, 0) is 37.3 Å². The van der Waals surface area contributed by atoms with Crippen LogP contribution >= 0.6 is 27.7 Å². The van der Waals surface area contributed by atoms with Crippen LogP contribution in [0.15, 0.2) is 46.9 Å². The third-order valence-corrected chi connectivity index (χ3v) is 4.56. The molecule has 1 N–H and O–H groups in total. The molecule has 0 bridgehead atoms. The third-order valence-electron chi connectivity index (χ3n) is 3.05. The van der Waals surface area contributed by atoms with Crippen molar-refractivity contribution < 1.29 is 9.53 Å². The van der Waals surface area contributed by atoms with E-state index in [1.165, 1.54) is 5.56 Å². The van der Waals surface area contributed by atoms with Crippen molar-refractivity contribution in [3.8, 4) is 5.75 Å². The molecule has 0 heterocycles. The number of carbonyl (C=O) groups excluding carboxylic acids is 1. The Bertz CT molecular complexity index is 644. The number of thioether (sulfide) groups is 1. The minimum atomic E-state index is -0.000979. The van der Waals surface area contributed by atoms with Crippen LogP contribution in [0.5, 0.6) is 5.75 Å². The van der Waals surface area contributed by atoms with Crippen LogP contribution in [0.3, 0.4) is 0 Å². The van der Waals surface area contributed by atoms with Gasteiger partial charge in [0.15, 0.2) is 0 Å². The predicted molar refractivity (Wildman–Crippen MR) is 96.7 cm³/mol. The van der Waals surface area contributed by atoms with Crippen molar-refractivity contribution in [1.82, 2.24) is 0 Å². The van der Waals surface area contributed by atoms with Crippen LogP contribution in [0.4, 0.5) is 5.69 Å². The van der Waals surface area contributed by atoms with Crippen LogP contribution < -0.4 is 10.1 Å². The maximum absolute atomic E-state index is 11.9. The molecule has 2 aromatic rings. The molecule has 2 rings (SSSR count). The summed E-state index contributed by atoms with van der Waals surface area (Å²) in [6.07, 6.45) is 0. The van der Waals surface area contributed by atoms with E-state index in [2.05, 4.69) is 27.3 Å². The Labute approximate surface area is 143 Å². The van der Waals surface area contributed by atoms with Crippen molar-refractivity contribution in [1.29, 1.82) is 0 Å². The van der Waals surface area contributed by atoms with Crippen molar-refractivity contribution in [3.63, 3.8) is 0 Å². The minimum absolute atomic E-state index is 0.000979. The Kier molecular flexibility index (Phi) is 6.34. The zero-order valence-corrected chi connectivity index (χ0v) is 15.0. The lowest BCUT2D eigenvalue weighted by molar-refractivity contribution is -0.113. The number of hydrogen-bond donors (Lipinski definition) is 1. The Balaban J connectivity index is 1.84. The molecule has 0 fully saturated rings. The highest BCUT2D eigenvalue weighted by Gasteiger charge is 2.06. The van der Waals surface area contributed by atoms with E-state index in [1.54, 1.807) is 18.9 Å².